The van der Waals surface area contributed by atoms with E-state index in [1.54, 1.807) is 13.8 Å². The van der Waals surface area contributed by atoms with Crippen LogP contribution >= 0.6 is 0 Å². The van der Waals surface area contributed by atoms with E-state index in [4.69, 9.17) is 9.84 Å². The quantitative estimate of drug-likeness (QED) is 0.720. The zero-order chi connectivity index (χ0) is 11.4. The van der Waals surface area contributed by atoms with Gasteiger partial charge in [0, 0.05) is 0 Å². The van der Waals surface area contributed by atoms with Gasteiger partial charge in [-0.1, -0.05) is 13.3 Å². The summed E-state index contributed by atoms with van der Waals surface area (Å²) in [4.78, 5) is 10.8. The van der Waals surface area contributed by atoms with Gasteiger partial charge in [0.1, 0.15) is 0 Å². The first-order valence-corrected chi connectivity index (χ1v) is 5.08. The molecule has 3 nitrogen and oxygen atoms in total. The standard InChI is InChI=1S/C11H22O3/c1-6-7-11(4,5)14-8-10(2,3)9(12)13/h6-8H2,1-5H3,(H,12,13). The first-order valence-electron chi connectivity index (χ1n) is 5.08. The average molecular weight is 202 g/mol. The molecule has 1 N–H and O–H groups in total. The monoisotopic (exact) mass is 202 g/mol. The lowest BCUT2D eigenvalue weighted by Gasteiger charge is -2.29. The van der Waals surface area contributed by atoms with Crippen molar-refractivity contribution in [1.82, 2.24) is 0 Å². The van der Waals surface area contributed by atoms with E-state index in [0.29, 0.717) is 0 Å². The van der Waals surface area contributed by atoms with Crippen molar-refractivity contribution in [3.05, 3.63) is 0 Å². The van der Waals surface area contributed by atoms with Gasteiger partial charge in [-0.05, 0) is 34.1 Å². The van der Waals surface area contributed by atoms with Crippen LogP contribution in [0, 0.1) is 5.41 Å². The van der Waals surface area contributed by atoms with Gasteiger partial charge < -0.3 is 9.84 Å². The van der Waals surface area contributed by atoms with Gasteiger partial charge in [0.2, 0.25) is 0 Å². The third-order valence-corrected chi connectivity index (χ3v) is 2.25. The fourth-order valence-corrected chi connectivity index (χ4v) is 1.11. The molecule has 0 atom stereocenters. The highest BCUT2D eigenvalue weighted by Gasteiger charge is 2.30. The van der Waals surface area contributed by atoms with Crippen molar-refractivity contribution >= 4 is 5.97 Å². The smallest absolute Gasteiger partial charge is 0.311 e. The van der Waals surface area contributed by atoms with Crippen LogP contribution in [0.15, 0.2) is 0 Å². The molecule has 0 saturated heterocycles. The van der Waals surface area contributed by atoms with Crippen LogP contribution in [0.3, 0.4) is 0 Å². The molecule has 0 bridgehead atoms. The lowest BCUT2D eigenvalue weighted by atomic mass is 9.94. The molecule has 0 aliphatic carbocycles. The van der Waals surface area contributed by atoms with Gasteiger partial charge >= 0.3 is 5.97 Å². The Morgan fingerprint density at radius 1 is 1.29 bits per heavy atom. The first kappa shape index (κ1) is 13.4. The summed E-state index contributed by atoms with van der Waals surface area (Å²) in [6.07, 6.45) is 1.99. The molecule has 0 fully saturated rings. The fourth-order valence-electron chi connectivity index (χ4n) is 1.11. The van der Waals surface area contributed by atoms with Crippen molar-refractivity contribution in [2.24, 2.45) is 5.41 Å². The second-order valence-corrected chi connectivity index (χ2v) is 4.99. The summed E-state index contributed by atoms with van der Waals surface area (Å²) in [6, 6.07) is 0. The Balaban J connectivity index is 4.10. The lowest BCUT2D eigenvalue weighted by molar-refractivity contribution is -0.154. The van der Waals surface area contributed by atoms with Crippen LogP contribution in [-0.2, 0) is 9.53 Å². The number of hydrogen-bond donors (Lipinski definition) is 1. The molecular formula is C11H22O3. The number of aliphatic carboxylic acids is 1. The zero-order valence-electron chi connectivity index (χ0n) is 9.89. The molecule has 0 aliphatic heterocycles. The number of hydrogen-bond acceptors (Lipinski definition) is 2. The Bertz CT molecular complexity index is 195. The molecule has 0 aliphatic rings. The molecule has 84 valence electrons. The summed E-state index contributed by atoms with van der Waals surface area (Å²) in [5.41, 5.74) is -1.02. The molecule has 14 heavy (non-hydrogen) atoms. The van der Waals surface area contributed by atoms with E-state index in [9.17, 15) is 4.79 Å². The highest BCUT2D eigenvalue weighted by molar-refractivity contribution is 5.73. The molecule has 0 aromatic rings. The summed E-state index contributed by atoms with van der Waals surface area (Å²) >= 11 is 0. The van der Waals surface area contributed by atoms with Gasteiger partial charge in [-0.3, -0.25) is 4.79 Å². The van der Waals surface area contributed by atoms with Crippen molar-refractivity contribution in [3.63, 3.8) is 0 Å². The second-order valence-electron chi connectivity index (χ2n) is 4.99. The number of carbonyl (C=O) groups is 1. The highest BCUT2D eigenvalue weighted by Crippen LogP contribution is 2.22. The molecule has 0 spiro atoms. The van der Waals surface area contributed by atoms with E-state index in [2.05, 4.69) is 6.92 Å². The maximum Gasteiger partial charge on any atom is 0.311 e. The Morgan fingerprint density at radius 2 is 1.79 bits per heavy atom. The predicted molar refractivity (Wildman–Crippen MR) is 56.4 cm³/mol. The minimum atomic E-state index is -0.815. The van der Waals surface area contributed by atoms with Gasteiger partial charge in [0.15, 0.2) is 0 Å². The van der Waals surface area contributed by atoms with E-state index < -0.39 is 11.4 Å². The van der Waals surface area contributed by atoms with Crippen LogP contribution in [0.5, 0.6) is 0 Å². The largest absolute Gasteiger partial charge is 0.481 e. The predicted octanol–water partition coefficient (Wildman–Crippen LogP) is 2.69. The number of rotatable bonds is 6. The third-order valence-electron chi connectivity index (χ3n) is 2.25. The number of ether oxygens (including phenoxy) is 1. The summed E-state index contributed by atoms with van der Waals surface area (Å²) < 4.78 is 5.62. The minimum absolute atomic E-state index is 0.221. The molecule has 0 radical (unpaired) electrons. The lowest BCUT2D eigenvalue weighted by Crippen LogP contribution is -2.35. The van der Waals surface area contributed by atoms with Crippen LogP contribution in [0.25, 0.3) is 0 Å². The Hall–Kier alpha value is -0.570. The van der Waals surface area contributed by atoms with Gasteiger partial charge in [-0.25, -0.2) is 0 Å². The molecule has 3 heteroatoms. The molecule has 0 unspecified atom stereocenters. The van der Waals surface area contributed by atoms with Crippen molar-refractivity contribution < 1.29 is 14.6 Å². The minimum Gasteiger partial charge on any atom is -0.481 e. The Kier molecular flexibility index (Phi) is 4.59. The Labute approximate surface area is 86.5 Å². The fraction of sp³-hybridized carbons (Fsp3) is 0.909. The SMILES string of the molecule is CCCC(C)(C)OCC(C)(C)C(=O)O. The summed E-state index contributed by atoms with van der Waals surface area (Å²) in [6.45, 7) is 9.69. The van der Waals surface area contributed by atoms with Crippen molar-refractivity contribution in [2.45, 2.75) is 53.1 Å². The third kappa shape index (κ3) is 4.61. The molecular weight excluding hydrogens is 180 g/mol. The second kappa shape index (κ2) is 4.78. The molecule has 0 aromatic heterocycles. The van der Waals surface area contributed by atoms with E-state index in [-0.39, 0.29) is 12.2 Å². The maximum absolute atomic E-state index is 10.8. The van der Waals surface area contributed by atoms with E-state index >= 15 is 0 Å². The Morgan fingerprint density at radius 3 is 2.14 bits per heavy atom. The van der Waals surface area contributed by atoms with Crippen LogP contribution in [-0.4, -0.2) is 23.3 Å². The normalized spacial score (nSPS) is 12.9. The average Bonchev–Trinajstić information content (AvgIpc) is 2.01. The van der Waals surface area contributed by atoms with Crippen molar-refractivity contribution in [2.75, 3.05) is 6.61 Å². The molecule has 0 aromatic carbocycles. The summed E-state index contributed by atoms with van der Waals surface area (Å²) in [5, 5.41) is 8.89. The topological polar surface area (TPSA) is 46.5 Å². The van der Waals surface area contributed by atoms with Crippen LogP contribution in [0.4, 0.5) is 0 Å². The molecule has 0 amide bonds. The molecule has 0 rings (SSSR count). The van der Waals surface area contributed by atoms with E-state index in [0.717, 1.165) is 12.8 Å². The van der Waals surface area contributed by atoms with Gasteiger partial charge in [0.25, 0.3) is 0 Å². The van der Waals surface area contributed by atoms with Gasteiger partial charge in [-0.15, -0.1) is 0 Å². The molecule has 0 heterocycles. The zero-order valence-corrected chi connectivity index (χ0v) is 9.89. The maximum atomic E-state index is 10.8. The van der Waals surface area contributed by atoms with Crippen molar-refractivity contribution in [3.8, 4) is 0 Å². The number of carboxylic acid groups (broad SMARTS) is 1. The van der Waals surface area contributed by atoms with E-state index in [1.165, 1.54) is 0 Å². The summed E-state index contributed by atoms with van der Waals surface area (Å²) in [7, 11) is 0. The molecule has 0 saturated carbocycles. The van der Waals surface area contributed by atoms with Gasteiger partial charge in [0.05, 0.1) is 17.6 Å². The number of carboxylic acids is 1. The van der Waals surface area contributed by atoms with Crippen LogP contribution < -0.4 is 0 Å². The van der Waals surface area contributed by atoms with Crippen molar-refractivity contribution in [1.29, 1.82) is 0 Å². The van der Waals surface area contributed by atoms with Crippen LogP contribution in [0.1, 0.15) is 47.5 Å². The highest BCUT2D eigenvalue weighted by atomic mass is 16.5. The summed E-state index contributed by atoms with van der Waals surface area (Å²) in [5.74, 6) is -0.815. The van der Waals surface area contributed by atoms with Crippen LogP contribution in [0.2, 0.25) is 0 Å². The van der Waals surface area contributed by atoms with E-state index in [1.807, 2.05) is 13.8 Å². The van der Waals surface area contributed by atoms with Gasteiger partial charge in [-0.2, -0.15) is 0 Å². The first-order chi connectivity index (χ1) is 6.21.